The molecule has 0 spiro atoms. The minimum atomic E-state index is -0.517. The van der Waals surface area contributed by atoms with Gasteiger partial charge in [-0.3, -0.25) is 4.79 Å². The molecule has 1 amide bonds. The predicted molar refractivity (Wildman–Crippen MR) is 159 cm³/mol. The van der Waals surface area contributed by atoms with Crippen molar-refractivity contribution >= 4 is 28.9 Å². The molecule has 5 rings (SSSR count). The van der Waals surface area contributed by atoms with Crippen LogP contribution in [0.25, 0.3) is 10.8 Å². The third-order valence-electron chi connectivity index (χ3n) is 6.26. The van der Waals surface area contributed by atoms with Gasteiger partial charge in [-0.2, -0.15) is 5.10 Å². The van der Waals surface area contributed by atoms with Crippen LogP contribution >= 0.6 is 0 Å². The molecule has 0 aromatic heterocycles. The van der Waals surface area contributed by atoms with Crippen LogP contribution in [0.1, 0.15) is 38.8 Å². The summed E-state index contributed by atoms with van der Waals surface area (Å²) in [4.78, 5) is 25.7. The zero-order valence-electron chi connectivity index (χ0n) is 22.4. The van der Waals surface area contributed by atoms with Gasteiger partial charge in [0, 0.05) is 11.1 Å². The van der Waals surface area contributed by atoms with Gasteiger partial charge in [-0.05, 0) is 77.9 Å². The van der Waals surface area contributed by atoms with Gasteiger partial charge in [-0.15, -0.1) is 0 Å². The number of benzene rings is 5. The van der Waals surface area contributed by atoms with Crippen molar-refractivity contribution in [1.29, 1.82) is 0 Å². The van der Waals surface area contributed by atoms with Gasteiger partial charge in [0.1, 0.15) is 23.9 Å². The maximum absolute atomic E-state index is 12.9. The molecule has 5 aromatic carbocycles. The van der Waals surface area contributed by atoms with Gasteiger partial charge >= 0.3 is 5.97 Å². The number of ether oxygens (including phenoxy) is 3. The van der Waals surface area contributed by atoms with Crippen LogP contribution in [0.5, 0.6) is 17.2 Å². The second-order valence-electron chi connectivity index (χ2n) is 9.04. The fourth-order valence-corrected chi connectivity index (χ4v) is 4.17. The molecular formula is C34H28N2O5. The number of fused-ring (bicyclic) bond motifs is 1. The van der Waals surface area contributed by atoms with Gasteiger partial charge in [0.05, 0.1) is 18.4 Å². The Bertz CT molecular complexity index is 1660. The van der Waals surface area contributed by atoms with Crippen LogP contribution in [0.15, 0.2) is 120 Å². The SMILES string of the molecule is CCOc1ccc(C(=O)Oc2ccc3ccccc3c2/C=N\NC(=O)c2ccc(OCc3ccccc3)cc2)cc1. The first-order valence-corrected chi connectivity index (χ1v) is 13.2. The number of hydrogen-bond acceptors (Lipinski definition) is 6. The molecule has 5 aromatic rings. The molecule has 0 fully saturated rings. The third-order valence-corrected chi connectivity index (χ3v) is 6.26. The average Bonchev–Trinajstić information content (AvgIpc) is 3.02. The first-order valence-electron chi connectivity index (χ1n) is 13.2. The molecular weight excluding hydrogens is 516 g/mol. The van der Waals surface area contributed by atoms with Gasteiger partial charge in [0.2, 0.25) is 0 Å². The minimum absolute atomic E-state index is 0.320. The van der Waals surface area contributed by atoms with E-state index in [2.05, 4.69) is 10.5 Å². The van der Waals surface area contributed by atoms with Crippen molar-refractivity contribution in [3.63, 3.8) is 0 Å². The number of nitrogens with one attached hydrogen (secondary N) is 1. The third kappa shape index (κ3) is 6.96. The Morgan fingerprint density at radius 2 is 1.39 bits per heavy atom. The Morgan fingerprint density at radius 1 is 0.732 bits per heavy atom. The number of hydrazone groups is 1. The van der Waals surface area contributed by atoms with Crippen LogP contribution in [0.3, 0.4) is 0 Å². The number of amides is 1. The highest BCUT2D eigenvalue weighted by Gasteiger charge is 2.14. The lowest BCUT2D eigenvalue weighted by Gasteiger charge is -2.11. The molecule has 0 heterocycles. The molecule has 1 N–H and O–H groups in total. The second kappa shape index (κ2) is 13.1. The molecule has 41 heavy (non-hydrogen) atoms. The fraction of sp³-hybridized carbons (Fsp3) is 0.0882. The highest BCUT2D eigenvalue weighted by molar-refractivity contribution is 6.04. The molecule has 0 saturated carbocycles. The first-order chi connectivity index (χ1) is 20.1. The highest BCUT2D eigenvalue weighted by atomic mass is 16.5. The maximum atomic E-state index is 12.9. The molecule has 0 aliphatic heterocycles. The molecule has 7 nitrogen and oxygen atoms in total. The lowest BCUT2D eigenvalue weighted by molar-refractivity contribution is 0.0734. The van der Waals surface area contributed by atoms with E-state index in [0.717, 1.165) is 16.3 Å². The number of carbonyl (C=O) groups is 2. The Morgan fingerprint density at radius 3 is 2.12 bits per heavy atom. The zero-order valence-corrected chi connectivity index (χ0v) is 22.4. The van der Waals surface area contributed by atoms with E-state index in [-0.39, 0.29) is 5.91 Å². The van der Waals surface area contributed by atoms with Crippen LogP contribution in [0.2, 0.25) is 0 Å². The summed E-state index contributed by atoms with van der Waals surface area (Å²) < 4.78 is 17.0. The van der Waals surface area contributed by atoms with Crippen LogP contribution in [0.4, 0.5) is 0 Å². The van der Waals surface area contributed by atoms with Gasteiger partial charge in [0.25, 0.3) is 5.91 Å². The Hall–Kier alpha value is -5.43. The first kappa shape index (κ1) is 27.1. The largest absolute Gasteiger partial charge is 0.494 e. The Kier molecular flexibility index (Phi) is 8.66. The van der Waals surface area contributed by atoms with Gasteiger partial charge in [-0.1, -0.05) is 60.7 Å². The van der Waals surface area contributed by atoms with Crippen molar-refractivity contribution in [2.75, 3.05) is 6.61 Å². The number of rotatable bonds is 10. The molecule has 0 radical (unpaired) electrons. The number of carbonyl (C=O) groups excluding carboxylic acids is 2. The van der Waals surface area contributed by atoms with Crippen molar-refractivity contribution in [2.45, 2.75) is 13.5 Å². The van der Waals surface area contributed by atoms with Crippen molar-refractivity contribution in [3.05, 3.63) is 138 Å². The quantitative estimate of drug-likeness (QED) is 0.0904. The van der Waals surface area contributed by atoms with Crippen LogP contribution in [0, 0.1) is 0 Å². The normalized spacial score (nSPS) is 10.9. The Balaban J connectivity index is 1.28. The van der Waals surface area contributed by atoms with E-state index < -0.39 is 5.97 Å². The average molecular weight is 545 g/mol. The van der Waals surface area contributed by atoms with E-state index in [1.807, 2.05) is 67.6 Å². The lowest BCUT2D eigenvalue weighted by Crippen LogP contribution is -2.17. The number of nitrogens with zero attached hydrogens (tertiary/aromatic N) is 1. The zero-order chi connectivity index (χ0) is 28.4. The summed E-state index contributed by atoms with van der Waals surface area (Å²) >= 11 is 0. The minimum Gasteiger partial charge on any atom is -0.494 e. The van der Waals surface area contributed by atoms with E-state index in [1.54, 1.807) is 54.6 Å². The predicted octanol–water partition coefficient (Wildman–Crippen LogP) is 6.80. The molecule has 0 aliphatic carbocycles. The fourth-order valence-electron chi connectivity index (χ4n) is 4.17. The van der Waals surface area contributed by atoms with Gasteiger partial charge in [0.15, 0.2) is 0 Å². The van der Waals surface area contributed by atoms with E-state index in [4.69, 9.17) is 14.2 Å². The molecule has 0 bridgehead atoms. The molecule has 0 saturated heterocycles. The van der Waals surface area contributed by atoms with Crippen molar-refractivity contribution in [1.82, 2.24) is 5.43 Å². The summed E-state index contributed by atoms with van der Waals surface area (Å²) in [6.07, 6.45) is 1.48. The van der Waals surface area contributed by atoms with Crippen molar-refractivity contribution in [2.24, 2.45) is 5.10 Å². The summed E-state index contributed by atoms with van der Waals surface area (Å²) in [5, 5.41) is 5.93. The topological polar surface area (TPSA) is 86.2 Å². The standard InChI is InChI=1S/C34H28N2O5/c1-2-39-28-19-14-27(15-20-28)34(38)41-32-21-16-25-10-6-7-11-30(25)31(32)22-35-36-33(37)26-12-17-29(18-13-26)40-23-24-8-4-3-5-9-24/h3-22H,2,23H2,1H3,(H,36,37)/b35-22-. The molecule has 204 valence electrons. The van der Waals surface area contributed by atoms with E-state index in [0.29, 0.717) is 47.2 Å². The lowest BCUT2D eigenvalue weighted by atomic mass is 10.0. The Labute approximate surface area is 238 Å². The van der Waals surface area contributed by atoms with Crippen LogP contribution in [-0.4, -0.2) is 24.7 Å². The van der Waals surface area contributed by atoms with Gasteiger partial charge in [-0.25, -0.2) is 10.2 Å². The van der Waals surface area contributed by atoms with E-state index >= 15 is 0 Å². The van der Waals surface area contributed by atoms with E-state index in [1.165, 1.54) is 6.21 Å². The summed E-state index contributed by atoms with van der Waals surface area (Å²) in [6, 6.07) is 34.7. The van der Waals surface area contributed by atoms with E-state index in [9.17, 15) is 9.59 Å². The second-order valence-corrected chi connectivity index (χ2v) is 9.04. The summed E-state index contributed by atoms with van der Waals surface area (Å²) in [5.41, 5.74) is 4.98. The molecule has 0 aliphatic rings. The molecule has 0 atom stereocenters. The number of esters is 1. The molecule has 7 heteroatoms. The summed E-state index contributed by atoms with van der Waals surface area (Å²) in [5.74, 6) is 0.748. The highest BCUT2D eigenvalue weighted by Crippen LogP contribution is 2.28. The van der Waals surface area contributed by atoms with Crippen LogP contribution < -0.4 is 19.6 Å². The molecule has 0 unspecified atom stereocenters. The summed E-state index contributed by atoms with van der Waals surface area (Å²) in [7, 11) is 0. The summed E-state index contributed by atoms with van der Waals surface area (Å²) in [6.45, 7) is 2.87. The van der Waals surface area contributed by atoms with Crippen molar-refractivity contribution < 1.29 is 23.8 Å². The van der Waals surface area contributed by atoms with Crippen molar-refractivity contribution in [3.8, 4) is 17.2 Å². The van der Waals surface area contributed by atoms with Crippen LogP contribution in [-0.2, 0) is 6.61 Å². The maximum Gasteiger partial charge on any atom is 0.343 e. The van der Waals surface area contributed by atoms with Gasteiger partial charge < -0.3 is 14.2 Å². The number of hydrogen-bond donors (Lipinski definition) is 1. The monoisotopic (exact) mass is 544 g/mol. The smallest absolute Gasteiger partial charge is 0.343 e.